The minimum atomic E-state index is -0.375. The molecule has 2 nitrogen and oxygen atoms in total. The molecule has 0 atom stereocenters. The molecule has 1 aromatic carbocycles. The first-order valence-corrected chi connectivity index (χ1v) is 6.48. The van der Waals surface area contributed by atoms with Crippen LogP contribution in [0.5, 0.6) is 5.75 Å². The van der Waals surface area contributed by atoms with Crippen molar-refractivity contribution >= 4 is 39.1 Å². The van der Waals surface area contributed by atoms with Crippen LogP contribution in [0.4, 0.5) is 4.39 Å². The highest BCUT2D eigenvalue weighted by atomic mass is 79.9. The lowest BCUT2D eigenvalue weighted by Gasteiger charge is -2.08. The maximum absolute atomic E-state index is 13.1. The molecule has 18 heavy (non-hydrogen) atoms. The normalized spacial score (nSPS) is 10.4. The maximum atomic E-state index is 13.1. The standard InChI is InChI=1S/C12H7BrCl2FNO/c13-8-1-9(16)3-10(2-8)18-6-7-5-17-12(15)4-11(7)14/h1-5H,6H2. The smallest absolute Gasteiger partial charge is 0.130 e. The number of hydrogen-bond donors (Lipinski definition) is 0. The van der Waals surface area contributed by atoms with E-state index in [0.717, 1.165) is 0 Å². The monoisotopic (exact) mass is 349 g/mol. The number of halogens is 4. The third-order valence-electron chi connectivity index (χ3n) is 2.13. The minimum Gasteiger partial charge on any atom is -0.489 e. The van der Waals surface area contributed by atoms with Gasteiger partial charge in [-0.05, 0) is 18.2 Å². The number of pyridine rings is 1. The average molecular weight is 351 g/mol. The molecule has 0 spiro atoms. The molecule has 0 fully saturated rings. The van der Waals surface area contributed by atoms with E-state index in [4.69, 9.17) is 27.9 Å². The van der Waals surface area contributed by atoms with Crippen molar-refractivity contribution in [1.82, 2.24) is 4.98 Å². The Labute approximate surface area is 122 Å². The summed E-state index contributed by atoms with van der Waals surface area (Å²) in [5, 5.41) is 0.780. The topological polar surface area (TPSA) is 22.1 Å². The van der Waals surface area contributed by atoms with E-state index in [1.54, 1.807) is 6.07 Å². The molecule has 0 N–H and O–H groups in total. The van der Waals surface area contributed by atoms with Gasteiger partial charge in [-0.15, -0.1) is 0 Å². The van der Waals surface area contributed by atoms with Gasteiger partial charge in [-0.2, -0.15) is 0 Å². The zero-order chi connectivity index (χ0) is 13.1. The van der Waals surface area contributed by atoms with Crippen LogP contribution in [0.25, 0.3) is 0 Å². The zero-order valence-corrected chi connectivity index (χ0v) is 12.1. The van der Waals surface area contributed by atoms with Crippen molar-refractivity contribution in [3.8, 4) is 5.75 Å². The maximum Gasteiger partial charge on any atom is 0.130 e. The van der Waals surface area contributed by atoms with Crippen molar-refractivity contribution in [2.75, 3.05) is 0 Å². The molecule has 0 saturated carbocycles. The first kappa shape index (κ1) is 13.6. The van der Waals surface area contributed by atoms with Gasteiger partial charge in [0.25, 0.3) is 0 Å². The van der Waals surface area contributed by atoms with Crippen LogP contribution in [0.1, 0.15) is 5.56 Å². The summed E-state index contributed by atoms with van der Waals surface area (Å²) in [4.78, 5) is 3.90. The van der Waals surface area contributed by atoms with Gasteiger partial charge in [-0.1, -0.05) is 39.1 Å². The number of nitrogens with zero attached hydrogens (tertiary/aromatic N) is 1. The van der Waals surface area contributed by atoms with Crippen LogP contribution in [0, 0.1) is 5.82 Å². The fraction of sp³-hybridized carbons (Fsp3) is 0.0833. The van der Waals surface area contributed by atoms with Crippen molar-refractivity contribution in [2.24, 2.45) is 0 Å². The van der Waals surface area contributed by atoms with E-state index in [-0.39, 0.29) is 12.4 Å². The Bertz CT molecular complexity index is 560. The van der Waals surface area contributed by atoms with Crippen LogP contribution in [0.3, 0.4) is 0 Å². The number of aromatic nitrogens is 1. The van der Waals surface area contributed by atoms with Crippen LogP contribution in [-0.2, 0) is 6.61 Å². The van der Waals surface area contributed by atoms with Crippen LogP contribution in [0.2, 0.25) is 10.2 Å². The first-order chi connectivity index (χ1) is 8.54. The lowest BCUT2D eigenvalue weighted by Crippen LogP contribution is -1.97. The quantitative estimate of drug-likeness (QED) is 0.737. The lowest BCUT2D eigenvalue weighted by atomic mass is 10.3. The molecule has 0 radical (unpaired) electrons. The lowest BCUT2D eigenvalue weighted by molar-refractivity contribution is 0.304. The van der Waals surface area contributed by atoms with Gasteiger partial charge in [0.05, 0.1) is 5.02 Å². The third-order valence-corrected chi connectivity index (χ3v) is 3.14. The second-order valence-electron chi connectivity index (χ2n) is 3.49. The molecule has 2 rings (SSSR count). The molecule has 1 heterocycles. The van der Waals surface area contributed by atoms with E-state index in [9.17, 15) is 4.39 Å². The summed E-state index contributed by atoms with van der Waals surface area (Å²) in [6.45, 7) is 0.193. The van der Waals surface area contributed by atoms with Gasteiger partial charge in [-0.25, -0.2) is 9.37 Å². The van der Waals surface area contributed by atoms with E-state index in [2.05, 4.69) is 20.9 Å². The molecule has 0 amide bonds. The second kappa shape index (κ2) is 5.87. The Morgan fingerprint density at radius 1 is 1.22 bits per heavy atom. The summed E-state index contributed by atoms with van der Waals surface area (Å²) in [6, 6.07) is 5.84. The zero-order valence-electron chi connectivity index (χ0n) is 8.96. The van der Waals surface area contributed by atoms with Gasteiger partial charge in [0, 0.05) is 22.3 Å². The summed E-state index contributed by atoms with van der Waals surface area (Å²) < 4.78 is 19.2. The fourth-order valence-corrected chi connectivity index (χ4v) is 2.18. The molecule has 0 bridgehead atoms. The van der Waals surface area contributed by atoms with Crippen LogP contribution in [0.15, 0.2) is 34.9 Å². The average Bonchev–Trinajstić information content (AvgIpc) is 2.26. The van der Waals surface area contributed by atoms with Gasteiger partial charge in [0.15, 0.2) is 0 Å². The van der Waals surface area contributed by atoms with Crippen LogP contribution < -0.4 is 4.74 Å². The molecule has 0 aliphatic carbocycles. The number of benzene rings is 1. The SMILES string of the molecule is Fc1cc(Br)cc(OCc2cnc(Cl)cc2Cl)c1. The molecule has 0 aliphatic rings. The van der Waals surface area contributed by atoms with Gasteiger partial charge < -0.3 is 4.74 Å². The van der Waals surface area contributed by atoms with Crippen molar-refractivity contribution in [1.29, 1.82) is 0 Å². The van der Waals surface area contributed by atoms with Crippen LogP contribution >= 0.6 is 39.1 Å². The van der Waals surface area contributed by atoms with Gasteiger partial charge in [-0.3, -0.25) is 0 Å². The highest BCUT2D eigenvalue weighted by Crippen LogP contribution is 2.23. The number of hydrogen-bond acceptors (Lipinski definition) is 2. The summed E-state index contributed by atoms with van der Waals surface area (Å²) in [5.74, 6) is 0.0348. The van der Waals surface area contributed by atoms with Crippen molar-refractivity contribution in [3.63, 3.8) is 0 Å². The van der Waals surface area contributed by atoms with Crippen molar-refractivity contribution < 1.29 is 9.13 Å². The summed E-state index contributed by atoms with van der Waals surface area (Å²) in [7, 11) is 0. The van der Waals surface area contributed by atoms with Gasteiger partial charge >= 0.3 is 0 Å². The number of rotatable bonds is 3. The summed E-state index contributed by atoms with van der Waals surface area (Å²) in [6.07, 6.45) is 1.53. The molecule has 0 aliphatic heterocycles. The first-order valence-electron chi connectivity index (χ1n) is 4.93. The molecular weight excluding hydrogens is 344 g/mol. The Hall–Kier alpha value is -0.840. The predicted molar refractivity (Wildman–Crippen MR) is 72.7 cm³/mol. The van der Waals surface area contributed by atoms with E-state index in [1.165, 1.54) is 24.4 Å². The molecule has 0 unspecified atom stereocenters. The highest BCUT2D eigenvalue weighted by Gasteiger charge is 2.05. The Balaban J connectivity index is 2.11. The molecule has 6 heteroatoms. The predicted octanol–water partition coefficient (Wildman–Crippen LogP) is 4.87. The van der Waals surface area contributed by atoms with Gasteiger partial charge in [0.2, 0.25) is 0 Å². The fourth-order valence-electron chi connectivity index (χ4n) is 1.31. The summed E-state index contributed by atoms with van der Waals surface area (Å²) in [5.41, 5.74) is 0.682. The minimum absolute atomic E-state index is 0.193. The van der Waals surface area contributed by atoms with E-state index < -0.39 is 0 Å². The van der Waals surface area contributed by atoms with E-state index in [0.29, 0.717) is 26.0 Å². The molecule has 1 aromatic heterocycles. The Morgan fingerprint density at radius 2 is 2.00 bits per heavy atom. The molecule has 0 saturated heterocycles. The van der Waals surface area contributed by atoms with Crippen molar-refractivity contribution in [3.05, 3.63) is 56.5 Å². The molecule has 2 aromatic rings. The molecule has 94 valence electrons. The highest BCUT2D eigenvalue weighted by molar-refractivity contribution is 9.10. The van der Waals surface area contributed by atoms with Gasteiger partial charge in [0.1, 0.15) is 23.3 Å². The number of ether oxygens (including phenoxy) is 1. The summed E-state index contributed by atoms with van der Waals surface area (Å²) >= 11 is 14.8. The second-order valence-corrected chi connectivity index (χ2v) is 5.20. The van der Waals surface area contributed by atoms with E-state index >= 15 is 0 Å². The molecular formula is C12H7BrCl2FNO. The van der Waals surface area contributed by atoms with E-state index in [1.807, 2.05) is 0 Å². The third kappa shape index (κ3) is 3.57. The largest absolute Gasteiger partial charge is 0.489 e. The Morgan fingerprint density at radius 3 is 2.67 bits per heavy atom. The van der Waals surface area contributed by atoms with Crippen LogP contribution in [-0.4, -0.2) is 4.98 Å². The Kier molecular flexibility index (Phi) is 4.43. The van der Waals surface area contributed by atoms with Crippen molar-refractivity contribution in [2.45, 2.75) is 6.61 Å².